The lowest BCUT2D eigenvalue weighted by Crippen LogP contribution is -2.31. The minimum absolute atomic E-state index is 0.0451. The van der Waals surface area contributed by atoms with E-state index in [2.05, 4.69) is 13.8 Å². The Morgan fingerprint density at radius 3 is 1.27 bits per heavy atom. The molecule has 0 fully saturated rings. The Kier molecular flexibility index (Phi) is 5.84. The van der Waals surface area contributed by atoms with Gasteiger partial charge in [0.15, 0.2) is 0 Å². The van der Waals surface area contributed by atoms with E-state index >= 15 is 0 Å². The molecule has 3 aliphatic rings. The van der Waals surface area contributed by atoms with Gasteiger partial charge in [0.2, 0.25) is 0 Å². The smallest absolute Gasteiger partial charge is 0.257 e. The van der Waals surface area contributed by atoms with Crippen LogP contribution in [-0.4, -0.2) is 46.5 Å². The number of amides is 4. The maximum atomic E-state index is 11.9. The van der Waals surface area contributed by atoms with Crippen molar-refractivity contribution in [3.63, 3.8) is 0 Å². The quantitative estimate of drug-likeness (QED) is 0.709. The van der Waals surface area contributed by atoms with Crippen LogP contribution in [0.1, 0.15) is 54.4 Å². The summed E-state index contributed by atoms with van der Waals surface area (Å²) in [5.74, 6) is 0.645. The van der Waals surface area contributed by atoms with Gasteiger partial charge in [-0.15, -0.1) is 0 Å². The molecule has 0 aromatic carbocycles. The monoisotopic (exact) mass is 360 g/mol. The van der Waals surface area contributed by atoms with Crippen LogP contribution in [0, 0.1) is 11.8 Å². The van der Waals surface area contributed by atoms with Gasteiger partial charge in [0.25, 0.3) is 23.6 Å². The summed E-state index contributed by atoms with van der Waals surface area (Å²) in [6.07, 6.45) is 1.55. The molecule has 142 valence electrons. The summed E-state index contributed by atoms with van der Waals surface area (Å²) in [6.45, 7) is 12.3. The molecule has 0 saturated heterocycles. The molecule has 0 aromatic heterocycles. The van der Waals surface area contributed by atoms with Gasteiger partial charge in [-0.05, 0) is 52.4 Å². The number of imide groups is 2. The summed E-state index contributed by atoms with van der Waals surface area (Å²) in [5, 5.41) is 0. The normalized spacial score (nSPS) is 25.9. The van der Waals surface area contributed by atoms with E-state index < -0.39 is 0 Å². The van der Waals surface area contributed by atoms with E-state index in [0.717, 1.165) is 24.0 Å². The van der Waals surface area contributed by atoms with Crippen LogP contribution in [0.25, 0.3) is 0 Å². The Morgan fingerprint density at radius 2 is 1.00 bits per heavy atom. The highest BCUT2D eigenvalue weighted by Gasteiger charge is 2.41. The van der Waals surface area contributed by atoms with Crippen LogP contribution in [0.15, 0.2) is 22.3 Å². The molecule has 3 rings (SSSR count). The first-order valence-electron chi connectivity index (χ1n) is 9.27. The Bertz CT molecular complexity index is 676. The predicted molar refractivity (Wildman–Crippen MR) is 97.8 cm³/mol. The molecule has 0 spiro atoms. The van der Waals surface area contributed by atoms with E-state index in [1.807, 2.05) is 6.92 Å². The van der Waals surface area contributed by atoms with Crippen molar-refractivity contribution in [1.82, 2.24) is 9.80 Å². The summed E-state index contributed by atoms with van der Waals surface area (Å²) >= 11 is 0. The first kappa shape index (κ1) is 20.1. The molecule has 26 heavy (non-hydrogen) atoms. The second-order valence-corrected chi connectivity index (χ2v) is 7.28. The van der Waals surface area contributed by atoms with Crippen LogP contribution < -0.4 is 0 Å². The van der Waals surface area contributed by atoms with Crippen molar-refractivity contribution in [1.29, 1.82) is 0 Å². The highest BCUT2D eigenvalue weighted by atomic mass is 16.2. The first-order chi connectivity index (χ1) is 12.1. The number of hydrogen-bond acceptors (Lipinski definition) is 4. The Balaban J connectivity index is 0.000000197. The summed E-state index contributed by atoms with van der Waals surface area (Å²) < 4.78 is 0. The molecule has 6 nitrogen and oxygen atoms in total. The fourth-order valence-corrected chi connectivity index (χ4v) is 3.54. The van der Waals surface area contributed by atoms with E-state index in [0.29, 0.717) is 36.1 Å². The number of rotatable bonds is 2. The summed E-state index contributed by atoms with van der Waals surface area (Å²) in [7, 11) is 0. The average molecular weight is 360 g/mol. The Labute approximate surface area is 154 Å². The van der Waals surface area contributed by atoms with Gasteiger partial charge in [-0.2, -0.15) is 0 Å². The van der Waals surface area contributed by atoms with Gasteiger partial charge in [0.1, 0.15) is 0 Å². The van der Waals surface area contributed by atoms with Crippen LogP contribution in [0.3, 0.4) is 0 Å². The summed E-state index contributed by atoms with van der Waals surface area (Å²) in [6, 6.07) is 0. The molecule has 0 N–H and O–H groups in total. The van der Waals surface area contributed by atoms with Crippen molar-refractivity contribution in [3.05, 3.63) is 22.3 Å². The van der Waals surface area contributed by atoms with Crippen LogP contribution >= 0.6 is 0 Å². The molecule has 0 aromatic rings. The molecule has 2 heterocycles. The van der Waals surface area contributed by atoms with Crippen LogP contribution in [0.4, 0.5) is 0 Å². The maximum absolute atomic E-state index is 11.9. The topological polar surface area (TPSA) is 74.8 Å². The molecule has 2 unspecified atom stereocenters. The van der Waals surface area contributed by atoms with Gasteiger partial charge < -0.3 is 0 Å². The van der Waals surface area contributed by atoms with Crippen LogP contribution in [0.2, 0.25) is 0 Å². The summed E-state index contributed by atoms with van der Waals surface area (Å²) in [5.41, 5.74) is 2.73. The number of carbonyl (C=O) groups is 4. The number of hydrogen-bond donors (Lipinski definition) is 0. The zero-order valence-electron chi connectivity index (χ0n) is 16.5. The molecule has 2 atom stereocenters. The van der Waals surface area contributed by atoms with Gasteiger partial charge >= 0.3 is 0 Å². The van der Waals surface area contributed by atoms with Crippen molar-refractivity contribution in [2.45, 2.75) is 54.4 Å². The highest BCUT2D eigenvalue weighted by molar-refractivity contribution is 6.19. The highest BCUT2D eigenvalue weighted by Crippen LogP contribution is 2.38. The predicted octanol–water partition coefficient (Wildman–Crippen LogP) is 2.45. The minimum atomic E-state index is -0.144. The van der Waals surface area contributed by atoms with Gasteiger partial charge in [0, 0.05) is 35.4 Å². The van der Waals surface area contributed by atoms with Crippen molar-refractivity contribution in [2.24, 2.45) is 11.8 Å². The third kappa shape index (κ3) is 3.24. The van der Waals surface area contributed by atoms with E-state index in [4.69, 9.17) is 0 Å². The number of nitrogens with zero attached hydrogens (tertiary/aromatic N) is 2. The Hall–Kier alpha value is -2.24. The lowest BCUT2D eigenvalue weighted by atomic mass is 9.78. The van der Waals surface area contributed by atoms with E-state index in [1.54, 1.807) is 20.8 Å². The van der Waals surface area contributed by atoms with Crippen LogP contribution in [-0.2, 0) is 19.2 Å². The fourth-order valence-electron chi connectivity index (χ4n) is 3.54. The van der Waals surface area contributed by atoms with Crippen molar-refractivity contribution < 1.29 is 19.2 Å². The lowest BCUT2D eigenvalue weighted by Gasteiger charge is -2.24. The van der Waals surface area contributed by atoms with Gasteiger partial charge in [-0.3, -0.25) is 29.0 Å². The second-order valence-electron chi connectivity index (χ2n) is 7.28. The standard InChI is InChI=1S/C12H17NO2.C8H11NO2/c1-4-13-11(14)9-5-7(2)8(3)6-10(9)12(13)15;1-4-9-7(10)5(2)6(3)8(9)11/h7-8H,4-6H2,1-3H3;4H2,1-3H3. The van der Waals surface area contributed by atoms with E-state index in [9.17, 15) is 19.2 Å². The van der Waals surface area contributed by atoms with Crippen molar-refractivity contribution >= 4 is 23.6 Å². The first-order valence-corrected chi connectivity index (χ1v) is 9.27. The third-order valence-electron chi connectivity index (χ3n) is 5.72. The van der Waals surface area contributed by atoms with Gasteiger partial charge in [-0.25, -0.2) is 0 Å². The lowest BCUT2D eigenvalue weighted by molar-refractivity contribution is -0.138. The molecular weight excluding hydrogens is 332 g/mol. The molecular formula is C20H28N2O4. The van der Waals surface area contributed by atoms with E-state index in [1.165, 1.54) is 9.80 Å². The molecule has 2 aliphatic heterocycles. The molecule has 0 radical (unpaired) electrons. The van der Waals surface area contributed by atoms with E-state index in [-0.39, 0.29) is 23.6 Å². The maximum Gasteiger partial charge on any atom is 0.257 e. The molecule has 0 saturated carbocycles. The van der Waals surface area contributed by atoms with Crippen molar-refractivity contribution in [2.75, 3.05) is 13.1 Å². The molecule has 6 heteroatoms. The zero-order valence-corrected chi connectivity index (χ0v) is 16.5. The average Bonchev–Trinajstić information content (AvgIpc) is 2.95. The SMILES string of the molecule is CCN1C(=O)C(C)=C(C)C1=O.CCN1C(=O)C2=C(CC(C)C(C)C2)C1=O. The van der Waals surface area contributed by atoms with Crippen molar-refractivity contribution in [3.8, 4) is 0 Å². The molecule has 4 amide bonds. The number of likely N-dealkylation sites (N-methyl/N-ethyl adjacent to an activating group) is 2. The summed E-state index contributed by atoms with van der Waals surface area (Å²) in [4.78, 5) is 48.8. The zero-order chi connectivity index (χ0) is 19.8. The second kappa shape index (κ2) is 7.56. The minimum Gasteiger partial charge on any atom is -0.275 e. The van der Waals surface area contributed by atoms with Gasteiger partial charge in [-0.1, -0.05) is 13.8 Å². The Morgan fingerprint density at radius 1 is 0.692 bits per heavy atom. The fraction of sp³-hybridized carbons (Fsp3) is 0.600. The van der Waals surface area contributed by atoms with Gasteiger partial charge in [0.05, 0.1) is 0 Å². The van der Waals surface area contributed by atoms with Crippen LogP contribution in [0.5, 0.6) is 0 Å². The largest absolute Gasteiger partial charge is 0.275 e. The third-order valence-corrected chi connectivity index (χ3v) is 5.72. The molecule has 0 bridgehead atoms. The number of carbonyl (C=O) groups excluding carboxylic acids is 4. The molecule has 1 aliphatic carbocycles.